The fourth-order valence-corrected chi connectivity index (χ4v) is 2.42. The Morgan fingerprint density at radius 3 is 2.27 bits per heavy atom. The van der Waals surface area contributed by atoms with Gasteiger partial charge in [-0.2, -0.15) is 13.2 Å². The van der Waals surface area contributed by atoms with Crippen LogP contribution in [-0.2, 0) is 22.3 Å². The van der Waals surface area contributed by atoms with Crippen molar-refractivity contribution < 1.29 is 27.5 Å². The molecular formula is C17H12Cl2F3NO3. The zero-order chi connectivity index (χ0) is 19.3. The highest BCUT2D eigenvalue weighted by Gasteiger charge is 2.29. The fourth-order valence-electron chi connectivity index (χ4n) is 1.93. The molecule has 9 heteroatoms. The number of rotatable bonds is 5. The van der Waals surface area contributed by atoms with Gasteiger partial charge in [0.25, 0.3) is 5.91 Å². The Morgan fingerprint density at radius 2 is 1.69 bits per heavy atom. The summed E-state index contributed by atoms with van der Waals surface area (Å²) in [5.41, 5.74) is -0.260. The van der Waals surface area contributed by atoms with Gasteiger partial charge in [-0.3, -0.25) is 9.59 Å². The third kappa shape index (κ3) is 5.64. The van der Waals surface area contributed by atoms with Crippen molar-refractivity contribution in [2.75, 3.05) is 6.54 Å². The average molecular weight is 406 g/mol. The van der Waals surface area contributed by atoms with E-state index in [0.717, 1.165) is 12.1 Å². The van der Waals surface area contributed by atoms with Crippen LogP contribution in [0.1, 0.15) is 21.5 Å². The van der Waals surface area contributed by atoms with Gasteiger partial charge in [0.2, 0.25) is 0 Å². The highest BCUT2D eigenvalue weighted by atomic mass is 35.5. The minimum Gasteiger partial charge on any atom is -0.460 e. The van der Waals surface area contributed by atoms with Crippen LogP contribution in [0.2, 0.25) is 10.0 Å². The number of alkyl halides is 3. The molecule has 0 aromatic heterocycles. The number of esters is 1. The predicted molar refractivity (Wildman–Crippen MR) is 90.0 cm³/mol. The molecule has 0 bridgehead atoms. The van der Waals surface area contributed by atoms with Gasteiger partial charge in [-0.25, -0.2) is 0 Å². The van der Waals surface area contributed by atoms with Crippen molar-refractivity contribution in [3.63, 3.8) is 0 Å². The number of halogens is 5. The molecule has 2 aromatic rings. The van der Waals surface area contributed by atoms with E-state index in [9.17, 15) is 22.8 Å². The zero-order valence-corrected chi connectivity index (χ0v) is 14.6. The normalized spacial score (nSPS) is 11.1. The quantitative estimate of drug-likeness (QED) is 0.745. The largest absolute Gasteiger partial charge is 0.460 e. The molecule has 0 aliphatic rings. The van der Waals surface area contributed by atoms with Crippen molar-refractivity contribution >= 4 is 35.1 Å². The Bertz CT molecular complexity index is 808. The molecule has 0 aliphatic carbocycles. The van der Waals surface area contributed by atoms with Crippen molar-refractivity contribution in [1.29, 1.82) is 0 Å². The monoisotopic (exact) mass is 405 g/mol. The smallest absolute Gasteiger partial charge is 0.416 e. The summed E-state index contributed by atoms with van der Waals surface area (Å²) in [7, 11) is 0. The molecule has 0 atom stereocenters. The van der Waals surface area contributed by atoms with Crippen molar-refractivity contribution in [2.24, 2.45) is 0 Å². The molecule has 26 heavy (non-hydrogen) atoms. The number of amides is 1. The molecule has 2 rings (SSSR count). The van der Waals surface area contributed by atoms with Gasteiger partial charge in [-0.1, -0.05) is 35.3 Å². The maximum absolute atomic E-state index is 12.5. The summed E-state index contributed by atoms with van der Waals surface area (Å²) in [6.07, 6.45) is -4.43. The van der Waals surface area contributed by atoms with Crippen LogP contribution in [-0.4, -0.2) is 18.4 Å². The third-order valence-electron chi connectivity index (χ3n) is 3.25. The van der Waals surface area contributed by atoms with Crippen LogP contribution in [0.3, 0.4) is 0 Å². The Labute approximate surface area is 156 Å². The van der Waals surface area contributed by atoms with Crippen LogP contribution >= 0.6 is 23.2 Å². The summed E-state index contributed by atoms with van der Waals surface area (Å²) < 4.78 is 42.3. The molecule has 0 aliphatic heterocycles. The van der Waals surface area contributed by atoms with E-state index in [2.05, 4.69) is 5.32 Å². The van der Waals surface area contributed by atoms with Crippen LogP contribution in [0.15, 0.2) is 42.5 Å². The van der Waals surface area contributed by atoms with Gasteiger partial charge in [-0.05, 0) is 35.9 Å². The van der Waals surface area contributed by atoms with Crippen LogP contribution in [0.4, 0.5) is 13.2 Å². The first kappa shape index (κ1) is 20.1. The first-order chi connectivity index (χ1) is 12.2. The lowest BCUT2D eigenvalue weighted by molar-refractivity contribution is -0.143. The molecule has 1 amide bonds. The number of carbonyl (C=O) groups excluding carboxylic acids is 2. The molecule has 0 heterocycles. The first-order valence-corrected chi connectivity index (χ1v) is 7.97. The van der Waals surface area contributed by atoms with Crippen molar-refractivity contribution in [1.82, 2.24) is 5.32 Å². The Kier molecular flexibility index (Phi) is 6.50. The van der Waals surface area contributed by atoms with Crippen molar-refractivity contribution in [3.05, 3.63) is 69.2 Å². The molecule has 0 saturated heterocycles. The molecule has 0 fully saturated rings. The maximum Gasteiger partial charge on any atom is 0.416 e. The van der Waals surface area contributed by atoms with E-state index >= 15 is 0 Å². The topological polar surface area (TPSA) is 55.4 Å². The Morgan fingerprint density at radius 1 is 1.04 bits per heavy atom. The molecule has 0 radical (unpaired) electrons. The summed E-state index contributed by atoms with van der Waals surface area (Å²) in [6, 6.07) is 8.49. The van der Waals surface area contributed by atoms with Gasteiger partial charge in [0.05, 0.1) is 16.1 Å². The number of nitrogens with one attached hydrogen (secondary N) is 1. The lowest BCUT2D eigenvalue weighted by atomic mass is 10.1. The highest BCUT2D eigenvalue weighted by molar-refractivity contribution is 6.36. The number of ether oxygens (including phenoxy) is 1. The molecule has 4 nitrogen and oxygen atoms in total. The fraction of sp³-hybridized carbons (Fsp3) is 0.176. The predicted octanol–water partition coefficient (Wildman–Crippen LogP) is 4.49. The van der Waals surface area contributed by atoms with Gasteiger partial charge < -0.3 is 10.1 Å². The lowest BCUT2D eigenvalue weighted by Gasteiger charge is -2.09. The van der Waals surface area contributed by atoms with Gasteiger partial charge in [0, 0.05) is 5.02 Å². The van der Waals surface area contributed by atoms with Crippen LogP contribution in [0.5, 0.6) is 0 Å². The van der Waals surface area contributed by atoms with E-state index in [1.54, 1.807) is 0 Å². The van der Waals surface area contributed by atoms with E-state index < -0.39 is 30.2 Å². The summed E-state index contributed by atoms with van der Waals surface area (Å²) in [4.78, 5) is 23.6. The maximum atomic E-state index is 12.5. The lowest BCUT2D eigenvalue weighted by Crippen LogP contribution is -2.30. The molecule has 138 valence electrons. The zero-order valence-electron chi connectivity index (χ0n) is 13.1. The number of carbonyl (C=O) groups is 2. The molecule has 0 spiro atoms. The summed E-state index contributed by atoms with van der Waals surface area (Å²) in [5.74, 6) is -1.33. The van der Waals surface area contributed by atoms with Crippen LogP contribution in [0.25, 0.3) is 0 Å². The third-order valence-corrected chi connectivity index (χ3v) is 3.80. The van der Waals surface area contributed by atoms with E-state index in [0.29, 0.717) is 10.6 Å². The van der Waals surface area contributed by atoms with Crippen molar-refractivity contribution in [2.45, 2.75) is 12.8 Å². The van der Waals surface area contributed by atoms with Gasteiger partial charge in [0.15, 0.2) is 0 Å². The van der Waals surface area contributed by atoms with Crippen molar-refractivity contribution in [3.8, 4) is 0 Å². The molecule has 2 aromatic carbocycles. The van der Waals surface area contributed by atoms with Crippen LogP contribution < -0.4 is 5.32 Å². The van der Waals surface area contributed by atoms with E-state index in [-0.39, 0.29) is 17.2 Å². The second-order valence-corrected chi connectivity index (χ2v) is 6.01. The summed E-state index contributed by atoms with van der Waals surface area (Å²) in [6.45, 7) is -0.632. The molecule has 0 saturated carbocycles. The Hall–Kier alpha value is -2.25. The SMILES string of the molecule is O=C(CNC(=O)c1ccc(Cl)cc1Cl)OCc1ccc(C(F)(F)F)cc1. The first-order valence-electron chi connectivity index (χ1n) is 7.22. The standard InChI is InChI=1S/C17H12Cl2F3NO3/c18-12-5-6-13(14(19)7-12)16(25)23-8-15(24)26-9-10-1-3-11(4-2-10)17(20,21)22/h1-7H,8-9H2,(H,23,25). The summed E-state index contributed by atoms with van der Waals surface area (Å²) >= 11 is 11.6. The highest BCUT2D eigenvalue weighted by Crippen LogP contribution is 2.29. The van der Waals surface area contributed by atoms with E-state index in [1.807, 2.05) is 0 Å². The van der Waals surface area contributed by atoms with E-state index in [1.165, 1.54) is 30.3 Å². The molecular weight excluding hydrogens is 394 g/mol. The minimum atomic E-state index is -4.43. The second-order valence-electron chi connectivity index (χ2n) is 5.16. The molecule has 0 unspecified atom stereocenters. The van der Waals surface area contributed by atoms with Gasteiger partial charge >= 0.3 is 12.1 Å². The number of hydrogen-bond donors (Lipinski definition) is 1. The van der Waals surface area contributed by atoms with Gasteiger partial charge in [0.1, 0.15) is 13.2 Å². The number of benzene rings is 2. The van der Waals surface area contributed by atoms with E-state index in [4.69, 9.17) is 27.9 Å². The summed E-state index contributed by atoms with van der Waals surface area (Å²) in [5, 5.41) is 2.83. The Balaban J connectivity index is 1.82. The average Bonchev–Trinajstić information content (AvgIpc) is 2.57. The molecule has 1 N–H and O–H groups in total. The van der Waals surface area contributed by atoms with Gasteiger partial charge in [-0.15, -0.1) is 0 Å². The second kappa shape index (κ2) is 8.42. The minimum absolute atomic E-state index is 0.133. The number of hydrogen-bond acceptors (Lipinski definition) is 3. The van der Waals surface area contributed by atoms with Crippen LogP contribution in [0, 0.1) is 0 Å².